The molecule has 3 aromatic carbocycles. The van der Waals surface area contributed by atoms with Crippen LogP contribution in [0.25, 0.3) is 10.9 Å². The van der Waals surface area contributed by atoms with E-state index in [-0.39, 0.29) is 31.2 Å². The van der Waals surface area contributed by atoms with Crippen LogP contribution in [0.2, 0.25) is 0 Å². The zero-order chi connectivity index (χ0) is 22.4. The van der Waals surface area contributed by atoms with Crippen molar-refractivity contribution >= 4 is 22.7 Å². The van der Waals surface area contributed by atoms with Gasteiger partial charge in [-0.25, -0.2) is 0 Å². The van der Waals surface area contributed by atoms with Crippen molar-refractivity contribution < 1.29 is 19.1 Å². The molecule has 0 radical (unpaired) electrons. The number of amides is 2. The van der Waals surface area contributed by atoms with Crippen molar-refractivity contribution in [3.05, 3.63) is 95.2 Å². The molecule has 2 aliphatic rings. The molecule has 3 heterocycles. The molecule has 0 fully saturated rings. The highest BCUT2D eigenvalue weighted by molar-refractivity contribution is 6.02. The lowest BCUT2D eigenvalue weighted by Gasteiger charge is -2.25. The third-order valence-electron chi connectivity index (χ3n) is 6.21. The normalized spacial score (nSPS) is 16.3. The minimum atomic E-state index is -0.332. The first-order valence-corrected chi connectivity index (χ1v) is 10.8. The summed E-state index contributed by atoms with van der Waals surface area (Å²) in [5.74, 6) is 1.01. The van der Waals surface area contributed by atoms with Crippen LogP contribution in [0.1, 0.15) is 33.1 Å². The number of hydrogen-bond acceptors (Lipinski definition) is 4. The summed E-state index contributed by atoms with van der Waals surface area (Å²) >= 11 is 0. The quantitative estimate of drug-likeness (QED) is 0.496. The van der Waals surface area contributed by atoms with E-state index < -0.39 is 0 Å². The Labute approximate surface area is 189 Å². The fourth-order valence-corrected chi connectivity index (χ4v) is 4.65. The molecule has 0 aliphatic carbocycles. The second-order valence-electron chi connectivity index (χ2n) is 8.18. The number of aromatic amines is 1. The molecule has 7 nitrogen and oxygen atoms in total. The highest BCUT2D eigenvalue weighted by Gasteiger charge is 2.39. The molecule has 164 valence electrons. The predicted octanol–water partition coefficient (Wildman–Crippen LogP) is 3.76. The minimum absolute atomic E-state index is 0.0394. The Morgan fingerprint density at radius 2 is 1.82 bits per heavy atom. The maximum atomic E-state index is 13.3. The van der Waals surface area contributed by atoms with Gasteiger partial charge in [-0.1, -0.05) is 42.5 Å². The number of nitrogens with one attached hydrogen (secondary N) is 2. The van der Waals surface area contributed by atoms with E-state index in [9.17, 15) is 9.59 Å². The van der Waals surface area contributed by atoms with Crippen molar-refractivity contribution in [2.45, 2.75) is 12.6 Å². The lowest BCUT2D eigenvalue weighted by molar-refractivity contribution is -0.122. The molecule has 7 heteroatoms. The molecule has 1 unspecified atom stereocenters. The molecule has 6 rings (SSSR count). The van der Waals surface area contributed by atoms with Crippen molar-refractivity contribution in [2.24, 2.45) is 0 Å². The summed E-state index contributed by atoms with van der Waals surface area (Å²) in [5.41, 5.74) is 4.42. The molecule has 0 saturated heterocycles. The second-order valence-corrected chi connectivity index (χ2v) is 8.18. The zero-order valence-electron chi connectivity index (χ0n) is 17.7. The average molecular weight is 439 g/mol. The van der Waals surface area contributed by atoms with E-state index in [1.54, 1.807) is 4.90 Å². The number of nitrogens with zero attached hydrogens (tertiary/aromatic N) is 1. The van der Waals surface area contributed by atoms with Crippen molar-refractivity contribution in [2.75, 3.05) is 13.3 Å². The fraction of sp³-hybridized carbons (Fsp3) is 0.154. The van der Waals surface area contributed by atoms with Crippen LogP contribution in [0.5, 0.6) is 11.5 Å². The Morgan fingerprint density at radius 1 is 1.00 bits per heavy atom. The van der Waals surface area contributed by atoms with Crippen molar-refractivity contribution in [1.82, 2.24) is 15.2 Å². The van der Waals surface area contributed by atoms with Gasteiger partial charge in [-0.05, 0) is 35.4 Å². The Balaban J connectivity index is 1.26. The number of carbonyl (C=O) groups is 2. The molecule has 33 heavy (non-hydrogen) atoms. The summed E-state index contributed by atoms with van der Waals surface area (Å²) in [5, 5.41) is 3.97. The van der Waals surface area contributed by atoms with Crippen LogP contribution in [0, 0.1) is 0 Å². The number of benzene rings is 3. The van der Waals surface area contributed by atoms with Gasteiger partial charge in [0.1, 0.15) is 6.54 Å². The van der Waals surface area contributed by atoms with E-state index in [1.165, 1.54) is 0 Å². The molecule has 4 aromatic rings. The maximum Gasteiger partial charge on any atom is 0.255 e. The van der Waals surface area contributed by atoms with Crippen LogP contribution in [0.15, 0.2) is 72.9 Å². The monoisotopic (exact) mass is 439 g/mol. The first-order valence-electron chi connectivity index (χ1n) is 10.8. The van der Waals surface area contributed by atoms with E-state index >= 15 is 0 Å². The zero-order valence-corrected chi connectivity index (χ0v) is 17.7. The Morgan fingerprint density at radius 3 is 2.76 bits per heavy atom. The lowest BCUT2D eigenvalue weighted by atomic mass is 9.97. The SMILES string of the molecule is O=C(CN1C(=O)c2ccccc2C1c1c[nH]c2ccccc12)NCc1ccc2c(c1)OCO2. The molecule has 2 amide bonds. The van der Waals surface area contributed by atoms with Crippen LogP contribution in [0.3, 0.4) is 0 Å². The van der Waals surface area contributed by atoms with Crippen LogP contribution in [-0.2, 0) is 11.3 Å². The summed E-state index contributed by atoms with van der Waals surface area (Å²) in [6.07, 6.45) is 1.93. The number of fused-ring (bicyclic) bond motifs is 3. The molecule has 0 spiro atoms. The summed E-state index contributed by atoms with van der Waals surface area (Å²) in [4.78, 5) is 31.1. The number of rotatable bonds is 5. The van der Waals surface area contributed by atoms with Gasteiger partial charge in [0, 0.05) is 34.8 Å². The number of para-hydroxylation sites is 1. The molecule has 2 aliphatic heterocycles. The standard InChI is InChI=1S/C26H21N3O4/c30-24(28-12-16-9-10-22-23(11-16)33-15-32-22)14-29-25(18-6-1-2-7-19(18)26(29)31)20-13-27-21-8-4-3-5-17(20)21/h1-11,13,25,27H,12,14-15H2,(H,28,30). The second kappa shape index (κ2) is 7.70. The molecule has 0 saturated carbocycles. The molecular weight excluding hydrogens is 418 g/mol. The molecule has 1 atom stereocenters. The van der Waals surface area contributed by atoms with Crippen LogP contribution in [0.4, 0.5) is 0 Å². The van der Waals surface area contributed by atoms with E-state index in [1.807, 2.05) is 72.9 Å². The average Bonchev–Trinajstić information content (AvgIpc) is 3.54. The van der Waals surface area contributed by atoms with Gasteiger partial charge in [-0.3, -0.25) is 9.59 Å². The van der Waals surface area contributed by atoms with Gasteiger partial charge < -0.3 is 24.7 Å². The van der Waals surface area contributed by atoms with Crippen LogP contribution >= 0.6 is 0 Å². The smallest absolute Gasteiger partial charge is 0.255 e. The van der Waals surface area contributed by atoms with E-state index in [2.05, 4.69) is 10.3 Å². The summed E-state index contributed by atoms with van der Waals surface area (Å²) < 4.78 is 10.7. The van der Waals surface area contributed by atoms with Gasteiger partial charge in [-0.15, -0.1) is 0 Å². The Bertz CT molecular complexity index is 1390. The number of H-pyrrole nitrogens is 1. The van der Waals surface area contributed by atoms with Crippen molar-refractivity contribution in [3.63, 3.8) is 0 Å². The highest BCUT2D eigenvalue weighted by atomic mass is 16.7. The van der Waals surface area contributed by atoms with Crippen LogP contribution < -0.4 is 14.8 Å². The maximum absolute atomic E-state index is 13.3. The minimum Gasteiger partial charge on any atom is -0.454 e. The molecule has 1 aromatic heterocycles. The first kappa shape index (κ1) is 19.4. The number of aromatic nitrogens is 1. The fourth-order valence-electron chi connectivity index (χ4n) is 4.65. The van der Waals surface area contributed by atoms with Gasteiger partial charge in [0.2, 0.25) is 12.7 Å². The van der Waals surface area contributed by atoms with Gasteiger partial charge in [-0.2, -0.15) is 0 Å². The summed E-state index contributed by atoms with van der Waals surface area (Å²) in [6.45, 7) is 0.502. The van der Waals surface area contributed by atoms with Gasteiger partial charge in [0.25, 0.3) is 5.91 Å². The first-order chi connectivity index (χ1) is 16.2. The van der Waals surface area contributed by atoms with Crippen molar-refractivity contribution in [3.8, 4) is 11.5 Å². The number of carbonyl (C=O) groups excluding carboxylic acids is 2. The van der Waals surface area contributed by atoms with Crippen LogP contribution in [-0.4, -0.2) is 35.0 Å². The third-order valence-corrected chi connectivity index (χ3v) is 6.21. The third kappa shape index (κ3) is 3.29. The Kier molecular flexibility index (Phi) is 4.54. The number of ether oxygens (including phenoxy) is 2. The summed E-state index contributed by atoms with van der Waals surface area (Å²) in [6, 6.07) is 20.8. The van der Waals surface area contributed by atoms with Gasteiger partial charge in [0.05, 0.1) is 6.04 Å². The van der Waals surface area contributed by atoms with E-state index in [0.29, 0.717) is 23.6 Å². The topological polar surface area (TPSA) is 83.7 Å². The summed E-state index contributed by atoms with van der Waals surface area (Å²) in [7, 11) is 0. The predicted molar refractivity (Wildman–Crippen MR) is 122 cm³/mol. The highest BCUT2D eigenvalue weighted by Crippen LogP contribution is 2.40. The molecule has 0 bridgehead atoms. The van der Waals surface area contributed by atoms with Gasteiger partial charge >= 0.3 is 0 Å². The lowest BCUT2D eigenvalue weighted by Crippen LogP contribution is -2.39. The van der Waals surface area contributed by atoms with E-state index in [4.69, 9.17) is 9.47 Å². The molecule has 2 N–H and O–H groups in total. The number of hydrogen-bond donors (Lipinski definition) is 2. The Hall–Kier alpha value is -4.26. The van der Waals surface area contributed by atoms with Crippen molar-refractivity contribution in [1.29, 1.82) is 0 Å². The molecular formula is C26H21N3O4. The van der Waals surface area contributed by atoms with E-state index in [0.717, 1.165) is 27.6 Å². The van der Waals surface area contributed by atoms with Gasteiger partial charge in [0.15, 0.2) is 11.5 Å². The largest absolute Gasteiger partial charge is 0.454 e.